The summed E-state index contributed by atoms with van der Waals surface area (Å²) in [7, 11) is 0. The van der Waals surface area contributed by atoms with Gasteiger partial charge in [-0.05, 0) is 53.6 Å². The van der Waals surface area contributed by atoms with Crippen LogP contribution >= 0.6 is 11.3 Å². The van der Waals surface area contributed by atoms with Crippen LogP contribution in [-0.2, 0) is 6.42 Å². The lowest BCUT2D eigenvalue weighted by Gasteiger charge is -2.21. The van der Waals surface area contributed by atoms with E-state index < -0.39 is 0 Å². The molecular weight excluding hydrogens is 464 g/mol. The van der Waals surface area contributed by atoms with Gasteiger partial charge < -0.3 is 4.98 Å². The second kappa shape index (κ2) is 8.99. The van der Waals surface area contributed by atoms with E-state index in [0.29, 0.717) is 0 Å². The molecule has 0 unspecified atom stereocenters. The maximum absolute atomic E-state index is 4.73. The SMILES string of the molecule is c1csc(-c2ccnc3[nH]c(-c4n[nH]c5cnc(-c6cncc(CC7CCCCC7)c6)cc45)cc23)c1. The van der Waals surface area contributed by atoms with Gasteiger partial charge in [0.1, 0.15) is 11.3 Å². The third kappa shape index (κ3) is 3.89. The molecule has 6 aromatic heterocycles. The van der Waals surface area contributed by atoms with Crippen LogP contribution in [0.4, 0.5) is 0 Å². The Kier molecular flexibility index (Phi) is 5.35. The number of aromatic nitrogens is 6. The molecule has 1 aliphatic rings. The van der Waals surface area contributed by atoms with E-state index in [1.807, 2.05) is 24.8 Å². The molecule has 0 bridgehead atoms. The average Bonchev–Trinajstić information content (AvgIpc) is 3.68. The Labute approximate surface area is 212 Å². The maximum atomic E-state index is 4.73. The molecule has 0 atom stereocenters. The van der Waals surface area contributed by atoms with Gasteiger partial charge in [-0.2, -0.15) is 5.10 Å². The highest BCUT2D eigenvalue weighted by Crippen LogP contribution is 2.35. The molecule has 1 saturated carbocycles. The fraction of sp³-hybridized carbons (Fsp3) is 0.241. The van der Waals surface area contributed by atoms with Crippen LogP contribution in [0.15, 0.2) is 66.6 Å². The van der Waals surface area contributed by atoms with Crippen molar-refractivity contribution >= 4 is 33.3 Å². The summed E-state index contributed by atoms with van der Waals surface area (Å²) in [6.07, 6.45) is 15.5. The minimum atomic E-state index is 0.779. The Hall–Kier alpha value is -3.84. The van der Waals surface area contributed by atoms with Crippen molar-refractivity contribution in [3.8, 4) is 33.1 Å². The largest absolute Gasteiger partial charge is 0.338 e. The fourth-order valence-electron chi connectivity index (χ4n) is 5.54. The first kappa shape index (κ1) is 21.4. The lowest BCUT2D eigenvalue weighted by Crippen LogP contribution is -2.09. The predicted molar refractivity (Wildman–Crippen MR) is 146 cm³/mol. The number of pyridine rings is 3. The van der Waals surface area contributed by atoms with Crippen LogP contribution in [0.3, 0.4) is 0 Å². The summed E-state index contributed by atoms with van der Waals surface area (Å²) in [5.74, 6) is 0.779. The van der Waals surface area contributed by atoms with Gasteiger partial charge in [0, 0.05) is 45.4 Å². The molecule has 2 N–H and O–H groups in total. The third-order valence-corrected chi connectivity index (χ3v) is 8.26. The van der Waals surface area contributed by atoms with Gasteiger partial charge in [0.25, 0.3) is 0 Å². The summed E-state index contributed by atoms with van der Waals surface area (Å²) in [5, 5.41) is 12.0. The van der Waals surface area contributed by atoms with Crippen molar-refractivity contribution in [1.29, 1.82) is 0 Å². The van der Waals surface area contributed by atoms with Gasteiger partial charge in [0.05, 0.1) is 23.1 Å². The van der Waals surface area contributed by atoms with Crippen LogP contribution in [0.5, 0.6) is 0 Å². The zero-order valence-electron chi connectivity index (χ0n) is 19.9. The molecule has 0 spiro atoms. The predicted octanol–water partition coefficient (Wildman–Crippen LogP) is 7.41. The Morgan fingerprint density at radius 2 is 1.89 bits per heavy atom. The average molecular weight is 491 g/mol. The molecule has 6 heterocycles. The number of H-pyrrole nitrogens is 2. The number of nitrogens with zero attached hydrogens (tertiary/aromatic N) is 4. The minimum Gasteiger partial charge on any atom is -0.338 e. The normalized spacial score (nSPS) is 14.7. The lowest BCUT2D eigenvalue weighted by molar-refractivity contribution is 0.356. The minimum absolute atomic E-state index is 0.779. The molecule has 0 aliphatic heterocycles. The molecule has 7 rings (SSSR count). The summed E-state index contributed by atoms with van der Waals surface area (Å²) in [5.41, 5.74) is 8.03. The van der Waals surface area contributed by atoms with E-state index in [4.69, 9.17) is 4.98 Å². The Morgan fingerprint density at radius 3 is 2.78 bits per heavy atom. The van der Waals surface area contributed by atoms with Crippen LogP contribution in [-0.4, -0.2) is 30.1 Å². The molecule has 1 fully saturated rings. The van der Waals surface area contributed by atoms with Gasteiger partial charge >= 0.3 is 0 Å². The van der Waals surface area contributed by atoms with E-state index in [1.54, 1.807) is 11.3 Å². The Morgan fingerprint density at radius 1 is 0.944 bits per heavy atom. The van der Waals surface area contributed by atoms with E-state index in [2.05, 4.69) is 66.9 Å². The molecule has 178 valence electrons. The van der Waals surface area contributed by atoms with Gasteiger partial charge in [-0.3, -0.25) is 15.1 Å². The van der Waals surface area contributed by atoms with Gasteiger partial charge in [-0.15, -0.1) is 11.3 Å². The summed E-state index contributed by atoms with van der Waals surface area (Å²) in [6, 6.07) is 12.8. The first-order chi connectivity index (χ1) is 17.8. The number of rotatable bonds is 5. The summed E-state index contributed by atoms with van der Waals surface area (Å²) in [6.45, 7) is 0. The molecule has 0 saturated heterocycles. The van der Waals surface area contributed by atoms with Crippen molar-refractivity contribution in [2.45, 2.75) is 38.5 Å². The Bertz CT molecular complexity index is 1660. The number of nitrogens with one attached hydrogen (secondary N) is 2. The summed E-state index contributed by atoms with van der Waals surface area (Å²) >= 11 is 1.73. The van der Waals surface area contributed by atoms with Gasteiger partial charge in [-0.1, -0.05) is 38.2 Å². The topological polar surface area (TPSA) is 83.1 Å². The van der Waals surface area contributed by atoms with Crippen LogP contribution < -0.4 is 0 Å². The van der Waals surface area contributed by atoms with E-state index in [9.17, 15) is 0 Å². The number of thiophene rings is 1. The Balaban J connectivity index is 1.26. The zero-order chi connectivity index (χ0) is 23.9. The summed E-state index contributed by atoms with van der Waals surface area (Å²) in [4.78, 5) is 18.6. The van der Waals surface area contributed by atoms with Gasteiger partial charge in [-0.25, -0.2) is 4.98 Å². The lowest BCUT2D eigenvalue weighted by atomic mass is 9.85. The standard InChI is InChI=1S/C29H26N6S/c1-2-5-18(6-3-1)11-19-12-20(16-30-15-19)24-14-23-26(17-32-24)34-35-28(23)25-13-22-21(27-7-4-10-36-27)8-9-31-29(22)33-25/h4,7-10,12-18H,1-3,5-6,11H2,(H,31,33)(H,34,35). The number of hydrogen-bond acceptors (Lipinski definition) is 5. The number of hydrogen-bond donors (Lipinski definition) is 2. The number of aromatic amines is 2. The van der Waals surface area contributed by atoms with Crippen LogP contribution in [0.25, 0.3) is 55.0 Å². The van der Waals surface area contributed by atoms with E-state index in [1.165, 1.54) is 48.1 Å². The van der Waals surface area contributed by atoms with Gasteiger partial charge in [0.15, 0.2) is 0 Å². The quantitative estimate of drug-likeness (QED) is 0.263. The summed E-state index contributed by atoms with van der Waals surface area (Å²) < 4.78 is 0. The molecule has 6 aromatic rings. The molecular formula is C29H26N6S. The fourth-order valence-corrected chi connectivity index (χ4v) is 6.31. The highest BCUT2D eigenvalue weighted by atomic mass is 32.1. The number of fused-ring (bicyclic) bond motifs is 2. The molecule has 0 aromatic carbocycles. The van der Waals surface area contributed by atoms with Crippen LogP contribution in [0.1, 0.15) is 37.7 Å². The molecule has 0 amide bonds. The smallest absolute Gasteiger partial charge is 0.138 e. The second-order valence-electron chi connectivity index (χ2n) is 9.76. The molecule has 6 nitrogen and oxygen atoms in total. The third-order valence-electron chi connectivity index (χ3n) is 7.36. The van der Waals surface area contributed by atoms with Gasteiger partial charge in [0.2, 0.25) is 0 Å². The van der Waals surface area contributed by atoms with Crippen molar-refractivity contribution < 1.29 is 0 Å². The van der Waals surface area contributed by atoms with E-state index in [-0.39, 0.29) is 0 Å². The van der Waals surface area contributed by atoms with Crippen LogP contribution in [0, 0.1) is 5.92 Å². The van der Waals surface area contributed by atoms with Crippen molar-refractivity contribution in [3.63, 3.8) is 0 Å². The van der Waals surface area contributed by atoms with Crippen molar-refractivity contribution in [3.05, 3.63) is 72.1 Å². The molecule has 0 radical (unpaired) electrons. The molecule has 7 heteroatoms. The first-order valence-corrected chi connectivity index (χ1v) is 13.5. The highest BCUT2D eigenvalue weighted by molar-refractivity contribution is 7.13. The maximum Gasteiger partial charge on any atom is 0.138 e. The highest BCUT2D eigenvalue weighted by Gasteiger charge is 2.17. The molecule has 36 heavy (non-hydrogen) atoms. The van der Waals surface area contributed by atoms with Crippen LogP contribution in [0.2, 0.25) is 0 Å². The van der Waals surface area contributed by atoms with Crippen molar-refractivity contribution in [1.82, 2.24) is 30.1 Å². The second-order valence-corrected chi connectivity index (χ2v) is 10.7. The zero-order valence-corrected chi connectivity index (χ0v) is 20.7. The van der Waals surface area contributed by atoms with Crippen molar-refractivity contribution in [2.24, 2.45) is 5.92 Å². The molecule has 1 aliphatic carbocycles. The van der Waals surface area contributed by atoms with E-state index >= 15 is 0 Å². The van der Waals surface area contributed by atoms with E-state index in [0.717, 1.165) is 56.9 Å². The first-order valence-electron chi connectivity index (χ1n) is 12.6. The monoisotopic (exact) mass is 490 g/mol. The van der Waals surface area contributed by atoms with Crippen molar-refractivity contribution in [2.75, 3.05) is 0 Å².